The van der Waals surface area contributed by atoms with Crippen LogP contribution in [-0.2, 0) is 9.59 Å². The molecule has 7 nitrogen and oxygen atoms in total. The fraction of sp³-hybridized carbons (Fsp3) is 0.190. The Morgan fingerprint density at radius 2 is 1.86 bits per heavy atom. The number of nitrogens with one attached hydrogen (secondary N) is 2. The van der Waals surface area contributed by atoms with Crippen molar-refractivity contribution in [3.8, 4) is 0 Å². The van der Waals surface area contributed by atoms with Crippen LogP contribution in [0.3, 0.4) is 0 Å². The summed E-state index contributed by atoms with van der Waals surface area (Å²) in [5.41, 5.74) is 1.06. The molecule has 0 aliphatic carbocycles. The Hall–Kier alpha value is -3.52. The normalized spacial score (nSPS) is 11.9. The molecule has 1 heterocycles. The van der Waals surface area contributed by atoms with E-state index in [2.05, 4.69) is 15.8 Å². The first-order valence-electron chi connectivity index (χ1n) is 8.97. The minimum atomic E-state index is -0.744. The zero-order valence-electron chi connectivity index (χ0n) is 16.1. The van der Waals surface area contributed by atoms with Gasteiger partial charge in [0, 0.05) is 11.8 Å². The topological polar surface area (TPSA) is 87.5 Å². The number of carbonyl (C=O) groups excluding carboxylic acids is 2. The fourth-order valence-corrected chi connectivity index (χ4v) is 2.95. The van der Waals surface area contributed by atoms with Gasteiger partial charge in [0.15, 0.2) is 5.82 Å². The first kappa shape index (κ1) is 20.2. The van der Waals surface area contributed by atoms with Crippen LogP contribution in [0.2, 0.25) is 0 Å². The van der Waals surface area contributed by atoms with Crippen molar-refractivity contribution in [3.63, 3.8) is 0 Å². The highest BCUT2D eigenvalue weighted by Crippen LogP contribution is 2.22. The third-order valence-electron chi connectivity index (χ3n) is 4.19. The summed E-state index contributed by atoms with van der Waals surface area (Å²) in [7, 11) is 1.66. The Bertz CT molecular complexity index is 990. The van der Waals surface area contributed by atoms with Gasteiger partial charge in [-0.15, -0.1) is 0 Å². The van der Waals surface area contributed by atoms with Crippen LogP contribution < -0.4 is 10.6 Å². The minimum absolute atomic E-state index is 0.0820. The van der Waals surface area contributed by atoms with Crippen molar-refractivity contribution in [2.24, 2.45) is 0 Å². The maximum absolute atomic E-state index is 13.3. The lowest BCUT2D eigenvalue weighted by Gasteiger charge is -2.26. The SMILES string of the molecule is Cc1cc(NC(=O)C(c2ccccc2)N(C)CC(=O)Nc2cccc(F)c2)no1. The number of anilines is 2. The molecule has 0 fully saturated rings. The lowest BCUT2D eigenvalue weighted by molar-refractivity contribution is -0.123. The van der Waals surface area contributed by atoms with E-state index in [1.165, 1.54) is 18.2 Å². The number of aryl methyl sites for hydroxylation is 1. The Morgan fingerprint density at radius 1 is 1.10 bits per heavy atom. The third kappa shape index (κ3) is 5.49. The van der Waals surface area contributed by atoms with Crippen molar-refractivity contribution >= 4 is 23.3 Å². The highest BCUT2D eigenvalue weighted by Gasteiger charge is 2.27. The van der Waals surface area contributed by atoms with Gasteiger partial charge in [-0.3, -0.25) is 14.5 Å². The number of amides is 2. The van der Waals surface area contributed by atoms with Gasteiger partial charge < -0.3 is 15.2 Å². The molecule has 0 spiro atoms. The first-order chi connectivity index (χ1) is 13.9. The largest absolute Gasteiger partial charge is 0.360 e. The number of aromatic nitrogens is 1. The van der Waals surface area contributed by atoms with Gasteiger partial charge in [0.2, 0.25) is 11.8 Å². The van der Waals surface area contributed by atoms with Crippen molar-refractivity contribution in [2.75, 3.05) is 24.2 Å². The smallest absolute Gasteiger partial charge is 0.247 e. The minimum Gasteiger partial charge on any atom is -0.360 e. The maximum Gasteiger partial charge on any atom is 0.247 e. The van der Waals surface area contributed by atoms with Gasteiger partial charge >= 0.3 is 0 Å². The molecule has 8 heteroatoms. The number of benzene rings is 2. The second-order valence-corrected chi connectivity index (χ2v) is 6.60. The fourth-order valence-electron chi connectivity index (χ4n) is 2.95. The quantitative estimate of drug-likeness (QED) is 0.639. The van der Waals surface area contributed by atoms with E-state index in [-0.39, 0.29) is 18.4 Å². The first-order valence-corrected chi connectivity index (χ1v) is 8.97. The Labute approximate surface area is 167 Å². The van der Waals surface area contributed by atoms with Crippen LogP contribution in [0.15, 0.2) is 65.2 Å². The highest BCUT2D eigenvalue weighted by atomic mass is 19.1. The van der Waals surface area contributed by atoms with Crippen LogP contribution >= 0.6 is 0 Å². The predicted molar refractivity (Wildman–Crippen MR) is 107 cm³/mol. The van der Waals surface area contributed by atoms with E-state index in [1.807, 2.05) is 18.2 Å². The second kappa shape index (κ2) is 9.11. The van der Waals surface area contributed by atoms with Crippen molar-refractivity contribution in [1.82, 2.24) is 10.1 Å². The van der Waals surface area contributed by atoms with Gasteiger partial charge in [-0.2, -0.15) is 0 Å². The van der Waals surface area contributed by atoms with E-state index >= 15 is 0 Å². The zero-order valence-corrected chi connectivity index (χ0v) is 16.1. The molecule has 2 N–H and O–H groups in total. The van der Waals surface area contributed by atoms with E-state index in [0.29, 0.717) is 22.8 Å². The molecule has 1 atom stereocenters. The molecule has 0 radical (unpaired) electrons. The van der Waals surface area contributed by atoms with Crippen molar-refractivity contribution in [2.45, 2.75) is 13.0 Å². The molecule has 0 saturated heterocycles. The number of nitrogens with zero attached hydrogens (tertiary/aromatic N) is 2. The van der Waals surface area contributed by atoms with E-state index in [9.17, 15) is 14.0 Å². The van der Waals surface area contributed by atoms with Gasteiger partial charge in [-0.1, -0.05) is 41.6 Å². The van der Waals surface area contributed by atoms with E-state index in [0.717, 1.165) is 0 Å². The molecule has 3 aromatic rings. The van der Waals surface area contributed by atoms with Crippen LogP contribution in [0.4, 0.5) is 15.9 Å². The molecule has 1 aromatic heterocycles. The van der Waals surface area contributed by atoms with Crippen LogP contribution in [0.5, 0.6) is 0 Å². The molecule has 2 amide bonds. The summed E-state index contributed by atoms with van der Waals surface area (Å²) < 4.78 is 18.3. The molecular formula is C21H21FN4O3. The van der Waals surface area contributed by atoms with E-state index in [4.69, 9.17) is 4.52 Å². The molecule has 0 aliphatic rings. The second-order valence-electron chi connectivity index (χ2n) is 6.60. The van der Waals surface area contributed by atoms with Gasteiger partial charge in [-0.05, 0) is 37.7 Å². The maximum atomic E-state index is 13.3. The summed E-state index contributed by atoms with van der Waals surface area (Å²) >= 11 is 0. The molecule has 150 valence electrons. The molecule has 29 heavy (non-hydrogen) atoms. The molecule has 0 saturated carbocycles. The van der Waals surface area contributed by atoms with Crippen molar-refractivity contribution in [1.29, 1.82) is 0 Å². The molecule has 0 aliphatic heterocycles. The molecule has 2 aromatic carbocycles. The molecule has 0 bridgehead atoms. The Morgan fingerprint density at radius 3 is 2.52 bits per heavy atom. The monoisotopic (exact) mass is 396 g/mol. The van der Waals surface area contributed by atoms with Crippen LogP contribution in [0, 0.1) is 12.7 Å². The summed E-state index contributed by atoms with van der Waals surface area (Å²) in [4.78, 5) is 27.0. The molecular weight excluding hydrogens is 375 g/mol. The average Bonchev–Trinajstić information content (AvgIpc) is 3.07. The summed E-state index contributed by atoms with van der Waals surface area (Å²) in [5.74, 6) is -0.305. The van der Waals surface area contributed by atoms with Crippen molar-refractivity contribution < 1.29 is 18.5 Å². The lowest BCUT2D eigenvalue weighted by Crippen LogP contribution is -2.39. The van der Waals surface area contributed by atoms with E-state index in [1.54, 1.807) is 43.1 Å². The van der Waals surface area contributed by atoms with Gasteiger partial charge in [0.05, 0.1) is 6.54 Å². The van der Waals surface area contributed by atoms with Crippen LogP contribution in [0.1, 0.15) is 17.4 Å². The Kier molecular flexibility index (Phi) is 6.36. The number of likely N-dealkylation sites (N-methyl/N-ethyl adjacent to an activating group) is 1. The summed E-state index contributed by atoms with van der Waals surface area (Å²) in [5, 5.41) is 9.11. The lowest BCUT2D eigenvalue weighted by atomic mass is 10.0. The van der Waals surface area contributed by atoms with Gasteiger partial charge in [0.1, 0.15) is 17.6 Å². The standard InChI is InChI=1S/C21H21FN4O3/c1-14-11-18(25-29-14)24-21(28)20(15-7-4-3-5-8-15)26(2)13-19(27)23-17-10-6-9-16(22)12-17/h3-12,20H,13H2,1-2H3,(H,23,27)(H,24,25,28). The highest BCUT2D eigenvalue weighted by molar-refractivity contribution is 5.96. The predicted octanol–water partition coefficient (Wildman–Crippen LogP) is 3.37. The number of carbonyl (C=O) groups is 2. The van der Waals surface area contributed by atoms with Gasteiger partial charge in [0.25, 0.3) is 0 Å². The summed E-state index contributed by atoms with van der Waals surface area (Å²) in [6.45, 7) is 1.64. The third-order valence-corrected chi connectivity index (χ3v) is 4.19. The summed E-state index contributed by atoms with van der Waals surface area (Å²) in [6, 6.07) is 15.6. The average molecular weight is 396 g/mol. The van der Waals surface area contributed by atoms with Crippen LogP contribution in [-0.4, -0.2) is 35.5 Å². The molecule has 3 rings (SSSR count). The summed E-state index contributed by atoms with van der Waals surface area (Å²) in [6.07, 6.45) is 0. The van der Waals surface area contributed by atoms with Gasteiger partial charge in [-0.25, -0.2) is 4.39 Å². The zero-order chi connectivity index (χ0) is 20.8. The van der Waals surface area contributed by atoms with Crippen molar-refractivity contribution in [3.05, 3.63) is 77.8 Å². The van der Waals surface area contributed by atoms with Crippen LogP contribution in [0.25, 0.3) is 0 Å². The number of hydrogen-bond acceptors (Lipinski definition) is 5. The number of rotatable bonds is 7. The number of hydrogen-bond donors (Lipinski definition) is 2. The molecule has 1 unspecified atom stereocenters. The number of halogens is 1. The van der Waals surface area contributed by atoms with E-state index < -0.39 is 11.9 Å². The Balaban J connectivity index is 1.74.